The highest BCUT2D eigenvalue weighted by atomic mass is 79.9. The van der Waals surface area contributed by atoms with E-state index in [0.717, 1.165) is 15.9 Å². The van der Waals surface area contributed by atoms with Gasteiger partial charge in [0.15, 0.2) is 0 Å². The minimum absolute atomic E-state index is 0.0547. The largest absolute Gasteiger partial charge is 0.466 e. The summed E-state index contributed by atoms with van der Waals surface area (Å²) in [5.41, 5.74) is 1.79. The number of carbonyl (C=O) groups excluding carboxylic acids is 2. The van der Waals surface area contributed by atoms with Crippen LogP contribution >= 0.6 is 15.9 Å². The molecule has 0 fully saturated rings. The highest BCUT2D eigenvalue weighted by Crippen LogP contribution is 2.28. The number of nitrogens with zero attached hydrogens (tertiary/aromatic N) is 1. The summed E-state index contributed by atoms with van der Waals surface area (Å²) in [4.78, 5) is 27.3. The van der Waals surface area contributed by atoms with Crippen molar-refractivity contribution in [1.82, 2.24) is 4.98 Å². The van der Waals surface area contributed by atoms with Gasteiger partial charge < -0.3 is 10.1 Å². The third-order valence-electron chi connectivity index (χ3n) is 3.05. The molecule has 1 N–H and O–H groups in total. The van der Waals surface area contributed by atoms with Crippen LogP contribution in [-0.2, 0) is 20.7 Å². The van der Waals surface area contributed by atoms with Gasteiger partial charge in [0.1, 0.15) is 4.60 Å². The van der Waals surface area contributed by atoms with Gasteiger partial charge in [0, 0.05) is 12.3 Å². The third-order valence-corrected chi connectivity index (χ3v) is 3.49. The van der Waals surface area contributed by atoms with E-state index in [1.54, 1.807) is 13.1 Å². The monoisotopic (exact) mass is 326 g/mol. The number of amides is 1. The zero-order valence-electron chi connectivity index (χ0n) is 10.6. The first-order valence-corrected chi connectivity index (χ1v) is 7.00. The van der Waals surface area contributed by atoms with E-state index in [1.165, 1.54) is 0 Å². The van der Waals surface area contributed by atoms with E-state index in [0.29, 0.717) is 19.4 Å². The van der Waals surface area contributed by atoms with Gasteiger partial charge in [-0.3, -0.25) is 9.59 Å². The highest BCUT2D eigenvalue weighted by Gasteiger charge is 2.27. The number of anilines is 1. The molecule has 1 aliphatic heterocycles. The third kappa shape index (κ3) is 3.53. The molecule has 5 nitrogen and oxygen atoms in total. The van der Waals surface area contributed by atoms with Crippen molar-refractivity contribution in [2.24, 2.45) is 5.92 Å². The lowest BCUT2D eigenvalue weighted by Gasteiger charge is -2.24. The van der Waals surface area contributed by atoms with E-state index in [2.05, 4.69) is 26.2 Å². The second-order valence-corrected chi connectivity index (χ2v) is 5.21. The van der Waals surface area contributed by atoms with Crippen molar-refractivity contribution in [2.45, 2.75) is 26.2 Å². The molecule has 1 aromatic heterocycles. The topological polar surface area (TPSA) is 68.3 Å². The first-order valence-electron chi connectivity index (χ1n) is 6.21. The zero-order valence-corrected chi connectivity index (χ0v) is 12.2. The number of fused-ring (bicyclic) bond motifs is 1. The van der Waals surface area contributed by atoms with E-state index < -0.39 is 0 Å². The van der Waals surface area contributed by atoms with Crippen LogP contribution in [0.4, 0.5) is 5.69 Å². The fourth-order valence-corrected chi connectivity index (χ4v) is 2.48. The van der Waals surface area contributed by atoms with Gasteiger partial charge in [0.05, 0.1) is 18.5 Å². The summed E-state index contributed by atoms with van der Waals surface area (Å²) < 4.78 is 5.61. The molecule has 0 aliphatic carbocycles. The molecular formula is C13H15BrN2O3. The van der Waals surface area contributed by atoms with Crippen molar-refractivity contribution in [1.29, 1.82) is 0 Å². The van der Waals surface area contributed by atoms with Gasteiger partial charge in [0.2, 0.25) is 5.91 Å². The van der Waals surface area contributed by atoms with E-state index in [9.17, 15) is 9.59 Å². The number of esters is 1. The summed E-state index contributed by atoms with van der Waals surface area (Å²) >= 11 is 3.31. The van der Waals surface area contributed by atoms with Crippen LogP contribution < -0.4 is 5.32 Å². The van der Waals surface area contributed by atoms with Crippen molar-refractivity contribution in [3.8, 4) is 0 Å². The summed E-state index contributed by atoms with van der Waals surface area (Å²) in [5.74, 6) is -0.496. The normalized spacial score (nSPS) is 17.6. The molecule has 102 valence electrons. The highest BCUT2D eigenvalue weighted by molar-refractivity contribution is 9.10. The Hall–Kier alpha value is -1.43. The van der Waals surface area contributed by atoms with Crippen LogP contribution in [-0.4, -0.2) is 23.5 Å². The first kappa shape index (κ1) is 14.0. The fourth-order valence-electron chi connectivity index (χ4n) is 2.10. The van der Waals surface area contributed by atoms with Crippen LogP contribution in [0.5, 0.6) is 0 Å². The molecule has 1 atom stereocenters. The number of pyridine rings is 1. The average molecular weight is 327 g/mol. The van der Waals surface area contributed by atoms with E-state index in [1.807, 2.05) is 6.07 Å². The molecule has 0 bridgehead atoms. The number of ether oxygens (including phenoxy) is 1. The van der Waals surface area contributed by atoms with E-state index >= 15 is 0 Å². The molecule has 1 aromatic rings. The average Bonchev–Trinajstić information content (AvgIpc) is 2.37. The molecule has 6 heteroatoms. The second-order valence-electron chi connectivity index (χ2n) is 4.40. The van der Waals surface area contributed by atoms with E-state index in [4.69, 9.17) is 4.74 Å². The van der Waals surface area contributed by atoms with Gasteiger partial charge in [0.25, 0.3) is 0 Å². The smallest absolute Gasteiger partial charge is 0.305 e. The van der Waals surface area contributed by atoms with Crippen molar-refractivity contribution in [3.63, 3.8) is 0 Å². The predicted molar refractivity (Wildman–Crippen MR) is 73.6 cm³/mol. The summed E-state index contributed by atoms with van der Waals surface area (Å²) in [6.07, 6.45) is 3.04. The lowest BCUT2D eigenvalue weighted by atomic mass is 9.90. The molecule has 1 aliphatic rings. The van der Waals surface area contributed by atoms with Crippen molar-refractivity contribution < 1.29 is 14.3 Å². The van der Waals surface area contributed by atoms with E-state index in [-0.39, 0.29) is 24.2 Å². The lowest BCUT2D eigenvalue weighted by Crippen LogP contribution is -2.30. The molecule has 0 spiro atoms. The number of carbonyl (C=O) groups is 2. The quantitative estimate of drug-likeness (QED) is 0.681. The van der Waals surface area contributed by atoms with Crippen molar-refractivity contribution in [3.05, 3.63) is 22.4 Å². The first-order chi connectivity index (χ1) is 9.10. The number of hydrogen-bond donors (Lipinski definition) is 1. The number of nitrogens with one attached hydrogen (secondary N) is 1. The Morgan fingerprint density at radius 2 is 2.42 bits per heavy atom. The van der Waals surface area contributed by atoms with Gasteiger partial charge in [-0.1, -0.05) is 0 Å². The zero-order chi connectivity index (χ0) is 13.8. The van der Waals surface area contributed by atoms with Gasteiger partial charge in [-0.2, -0.15) is 0 Å². The Labute approximate surface area is 119 Å². The number of rotatable bonds is 4. The maximum atomic E-state index is 11.9. The molecule has 0 saturated carbocycles. The Morgan fingerprint density at radius 3 is 3.16 bits per heavy atom. The summed E-state index contributed by atoms with van der Waals surface area (Å²) in [6.45, 7) is 2.14. The minimum atomic E-state index is -0.253. The van der Waals surface area contributed by atoms with Crippen LogP contribution in [0.25, 0.3) is 0 Å². The number of halogens is 1. The number of hydrogen-bond acceptors (Lipinski definition) is 4. The second kappa shape index (κ2) is 6.14. The van der Waals surface area contributed by atoms with Crippen LogP contribution in [0.2, 0.25) is 0 Å². The summed E-state index contributed by atoms with van der Waals surface area (Å²) in [5, 5.41) is 2.82. The summed E-state index contributed by atoms with van der Waals surface area (Å²) in [6, 6.07) is 1.89. The molecule has 2 heterocycles. The Bertz CT molecular complexity index is 505. The van der Waals surface area contributed by atoms with Gasteiger partial charge in [-0.25, -0.2) is 4.98 Å². The molecule has 1 amide bonds. The molecule has 0 aromatic carbocycles. The standard InChI is InChI=1S/C13H15BrN2O3/c1-2-19-12(17)4-3-8-5-9-6-11(14)15-7-10(9)16-13(8)18/h6-8H,2-5H2,1H3,(H,16,18). The van der Waals surface area contributed by atoms with Crippen LogP contribution in [0.15, 0.2) is 16.9 Å². The molecule has 1 unspecified atom stereocenters. The van der Waals surface area contributed by atoms with Crippen molar-refractivity contribution in [2.75, 3.05) is 11.9 Å². The predicted octanol–water partition coefficient (Wildman–Crippen LogP) is 2.30. The van der Waals surface area contributed by atoms with Crippen LogP contribution in [0.3, 0.4) is 0 Å². The molecule has 0 saturated heterocycles. The molecule has 19 heavy (non-hydrogen) atoms. The van der Waals surface area contributed by atoms with Crippen molar-refractivity contribution >= 4 is 33.5 Å². The van der Waals surface area contributed by atoms with Crippen LogP contribution in [0, 0.1) is 5.92 Å². The van der Waals surface area contributed by atoms with Crippen LogP contribution in [0.1, 0.15) is 25.3 Å². The number of aromatic nitrogens is 1. The Kier molecular flexibility index (Phi) is 4.52. The van der Waals surface area contributed by atoms with Gasteiger partial charge in [-0.15, -0.1) is 0 Å². The lowest BCUT2D eigenvalue weighted by molar-refractivity contribution is -0.143. The minimum Gasteiger partial charge on any atom is -0.466 e. The molecule has 2 rings (SSSR count). The summed E-state index contributed by atoms with van der Waals surface area (Å²) in [7, 11) is 0. The molecular weight excluding hydrogens is 312 g/mol. The Morgan fingerprint density at radius 1 is 1.63 bits per heavy atom. The van der Waals surface area contributed by atoms with Gasteiger partial charge in [-0.05, 0) is 47.3 Å². The maximum Gasteiger partial charge on any atom is 0.305 e. The maximum absolute atomic E-state index is 11.9. The Balaban J connectivity index is 2.00. The fraction of sp³-hybridized carbons (Fsp3) is 0.462. The van der Waals surface area contributed by atoms with Gasteiger partial charge >= 0.3 is 5.97 Å². The SMILES string of the molecule is CCOC(=O)CCC1Cc2cc(Br)ncc2NC1=O. The molecule has 0 radical (unpaired) electrons.